The monoisotopic (exact) mass is 264 g/mol. The molecular weight excluding hydrogens is 248 g/mol. The van der Waals surface area contributed by atoms with Gasteiger partial charge in [-0.1, -0.05) is 0 Å². The van der Waals surface area contributed by atoms with E-state index in [-0.39, 0.29) is 0 Å². The molecule has 1 aliphatic rings. The molecule has 3 rings (SSSR count). The third kappa shape index (κ3) is 2.51. The fourth-order valence-corrected chi connectivity index (χ4v) is 2.65. The largest absolute Gasteiger partial charge is 0.357 e. The first-order valence-electron chi connectivity index (χ1n) is 6.15. The first kappa shape index (κ1) is 11.6. The molecule has 2 aromatic rings. The zero-order valence-electron chi connectivity index (χ0n) is 9.99. The van der Waals surface area contributed by atoms with Crippen molar-refractivity contribution in [1.29, 1.82) is 0 Å². The van der Waals surface area contributed by atoms with Crippen molar-refractivity contribution in [1.82, 2.24) is 18.9 Å². The van der Waals surface area contributed by atoms with E-state index >= 15 is 0 Å². The molecule has 6 nitrogen and oxygen atoms in total. The van der Waals surface area contributed by atoms with Crippen LogP contribution < -0.4 is 11.1 Å². The van der Waals surface area contributed by atoms with Crippen molar-refractivity contribution in [2.45, 2.75) is 25.3 Å². The summed E-state index contributed by atoms with van der Waals surface area (Å²) < 4.78 is 6.11. The molecule has 2 heterocycles. The molecule has 0 saturated heterocycles. The number of nitrogens with one attached hydrogen (secondary N) is 1. The lowest BCUT2D eigenvalue weighted by Crippen LogP contribution is -2.25. The van der Waals surface area contributed by atoms with Crippen LogP contribution in [0.2, 0.25) is 0 Å². The molecule has 96 valence electrons. The second kappa shape index (κ2) is 5.03. The number of aromatic nitrogens is 4. The number of nitrogens with zero attached hydrogens (tertiary/aromatic N) is 4. The molecule has 0 bridgehead atoms. The molecule has 0 aromatic carbocycles. The van der Waals surface area contributed by atoms with Crippen molar-refractivity contribution in [2.75, 3.05) is 11.9 Å². The van der Waals surface area contributed by atoms with Crippen molar-refractivity contribution < 1.29 is 0 Å². The number of nitrogens with two attached hydrogens (primary N) is 1. The Hall–Kier alpha value is -1.47. The van der Waals surface area contributed by atoms with Gasteiger partial charge in [0.1, 0.15) is 6.33 Å². The Balaban J connectivity index is 1.69. The lowest BCUT2D eigenvalue weighted by atomic mass is 10.1. The molecule has 2 aromatic heterocycles. The van der Waals surface area contributed by atoms with E-state index in [0.29, 0.717) is 18.5 Å². The topological polar surface area (TPSA) is 81.6 Å². The molecule has 1 fully saturated rings. The SMILES string of the molecule is NCCC(Nc1nc(-n2ccnc2)ns1)C1CC1. The van der Waals surface area contributed by atoms with Crippen LogP contribution >= 0.6 is 11.5 Å². The highest BCUT2D eigenvalue weighted by Crippen LogP contribution is 2.35. The predicted molar refractivity (Wildman–Crippen MR) is 70.8 cm³/mol. The normalized spacial score (nSPS) is 16.7. The highest BCUT2D eigenvalue weighted by atomic mass is 32.1. The fourth-order valence-electron chi connectivity index (χ4n) is 2.02. The van der Waals surface area contributed by atoms with E-state index in [2.05, 4.69) is 19.7 Å². The van der Waals surface area contributed by atoms with Crippen LogP contribution in [0.15, 0.2) is 18.7 Å². The van der Waals surface area contributed by atoms with Crippen LogP contribution in [-0.4, -0.2) is 31.5 Å². The molecule has 1 saturated carbocycles. The third-order valence-electron chi connectivity index (χ3n) is 3.13. The molecule has 7 heteroatoms. The molecule has 18 heavy (non-hydrogen) atoms. The van der Waals surface area contributed by atoms with Gasteiger partial charge in [0.2, 0.25) is 11.1 Å². The van der Waals surface area contributed by atoms with E-state index in [0.717, 1.165) is 17.5 Å². The van der Waals surface area contributed by atoms with Crippen molar-refractivity contribution in [3.05, 3.63) is 18.7 Å². The molecule has 0 amide bonds. The summed E-state index contributed by atoms with van der Waals surface area (Å²) in [5, 5.41) is 4.32. The van der Waals surface area contributed by atoms with E-state index < -0.39 is 0 Å². The third-order valence-corrected chi connectivity index (χ3v) is 3.76. The van der Waals surface area contributed by atoms with Gasteiger partial charge >= 0.3 is 0 Å². The Kier molecular flexibility index (Phi) is 3.24. The molecule has 3 N–H and O–H groups in total. The summed E-state index contributed by atoms with van der Waals surface area (Å²) in [6, 6.07) is 0.443. The van der Waals surface area contributed by atoms with E-state index in [4.69, 9.17) is 5.73 Å². The Morgan fingerprint density at radius 3 is 3.11 bits per heavy atom. The molecule has 0 radical (unpaired) electrons. The summed E-state index contributed by atoms with van der Waals surface area (Å²) in [7, 11) is 0. The van der Waals surface area contributed by atoms with Gasteiger partial charge < -0.3 is 11.1 Å². The molecule has 1 aliphatic carbocycles. The zero-order valence-corrected chi connectivity index (χ0v) is 10.8. The number of anilines is 1. The first-order valence-corrected chi connectivity index (χ1v) is 6.93. The number of hydrogen-bond acceptors (Lipinski definition) is 6. The summed E-state index contributed by atoms with van der Waals surface area (Å²) in [6.07, 6.45) is 8.84. The summed E-state index contributed by atoms with van der Waals surface area (Å²) in [4.78, 5) is 8.45. The zero-order chi connectivity index (χ0) is 12.4. The lowest BCUT2D eigenvalue weighted by Gasteiger charge is -2.15. The van der Waals surface area contributed by atoms with Crippen LogP contribution in [0.4, 0.5) is 5.13 Å². The highest BCUT2D eigenvalue weighted by molar-refractivity contribution is 7.09. The fraction of sp³-hybridized carbons (Fsp3) is 0.545. The van der Waals surface area contributed by atoms with Gasteiger partial charge in [-0.05, 0) is 31.7 Å². The van der Waals surface area contributed by atoms with Gasteiger partial charge in [-0.3, -0.25) is 4.57 Å². The minimum atomic E-state index is 0.443. The summed E-state index contributed by atoms with van der Waals surface area (Å²) in [6.45, 7) is 0.710. The van der Waals surface area contributed by atoms with Gasteiger partial charge in [0.25, 0.3) is 0 Å². The van der Waals surface area contributed by atoms with Crippen LogP contribution in [0.1, 0.15) is 19.3 Å². The van der Waals surface area contributed by atoms with E-state index in [1.807, 2.05) is 6.20 Å². The Morgan fingerprint density at radius 1 is 1.56 bits per heavy atom. The van der Waals surface area contributed by atoms with Gasteiger partial charge in [-0.25, -0.2) is 4.98 Å². The maximum atomic E-state index is 5.65. The standard InChI is InChI=1S/C11H16N6S/c12-4-3-9(8-1-2-8)14-11-15-10(16-18-11)17-6-5-13-7-17/h5-9H,1-4,12H2,(H,14,15,16). The minimum Gasteiger partial charge on any atom is -0.357 e. The van der Waals surface area contributed by atoms with E-state index in [9.17, 15) is 0 Å². The summed E-state index contributed by atoms with van der Waals surface area (Å²) >= 11 is 1.39. The van der Waals surface area contributed by atoms with Gasteiger partial charge in [0, 0.05) is 30.0 Å². The number of imidazole rings is 1. The maximum absolute atomic E-state index is 5.65. The van der Waals surface area contributed by atoms with Crippen LogP contribution in [0.3, 0.4) is 0 Å². The van der Waals surface area contributed by atoms with Gasteiger partial charge in [0.05, 0.1) is 0 Å². The second-order valence-corrected chi connectivity index (χ2v) is 5.29. The van der Waals surface area contributed by atoms with Crippen LogP contribution in [0, 0.1) is 5.92 Å². The van der Waals surface area contributed by atoms with E-state index in [1.165, 1.54) is 24.4 Å². The molecular formula is C11H16N6S. The van der Waals surface area contributed by atoms with Crippen molar-refractivity contribution in [3.63, 3.8) is 0 Å². The molecule has 1 unspecified atom stereocenters. The second-order valence-electron chi connectivity index (χ2n) is 4.54. The van der Waals surface area contributed by atoms with Gasteiger partial charge in [-0.2, -0.15) is 9.36 Å². The minimum absolute atomic E-state index is 0.443. The smallest absolute Gasteiger partial charge is 0.248 e. The molecule has 1 atom stereocenters. The summed E-state index contributed by atoms with van der Waals surface area (Å²) in [5.41, 5.74) is 5.65. The Labute approximate surface area is 109 Å². The van der Waals surface area contributed by atoms with Crippen molar-refractivity contribution in [3.8, 4) is 5.95 Å². The van der Waals surface area contributed by atoms with Crippen LogP contribution in [0.5, 0.6) is 0 Å². The quantitative estimate of drug-likeness (QED) is 0.821. The van der Waals surface area contributed by atoms with Gasteiger partial charge in [-0.15, -0.1) is 0 Å². The van der Waals surface area contributed by atoms with Crippen molar-refractivity contribution >= 4 is 16.7 Å². The molecule has 0 spiro atoms. The van der Waals surface area contributed by atoms with E-state index in [1.54, 1.807) is 17.1 Å². The summed E-state index contributed by atoms with van der Waals surface area (Å²) in [5.74, 6) is 1.43. The average Bonchev–Trinajstić information content (AvgIpc) is 2.90. The Bertz CT molecular complexity index is 489. The lowest BCUT2D eigenvalue weighted by molar-refractivity contribution is 0.593. The first-order chi connectivity index (χ1) is 8.86. The number of rotatable bonds is 6. The van der Waals surface area contributed by atoms with Crippen molar-refractivity contribution in [2.24, 2.45) is 11.7 Å². The highest BCUT2D eigenvalue weighted by Gasteiger charge is 2.31. The number of hydrogen-bond donors (Lipinski definition) is 2. The van der Waals surface area contributed by atoms with Crippen LogP contribution in [0.25, 0.3) is 5.95 Å². The Morgan fingerprint density at radius 2 is 2.44 bits per heavy atom. The van der Waals surface area contributed by atoms with Gasteiger partial charge in [0.15, 0.2) is 0 Å². The predicted octanol–water partition coefficient (Wildman–Crippen LogP) is 1.26. The molecule has 0 aliphatic heterocycles. The maximum Gasteiger partial charge on any atom is 0.248 e. The van der Waals surface area contributed by atoms with Crippen LogP contribution in [-0.2, 0) is 0 Å². The average molecular weight is 264 g/mol.